The van der Waals surface area contributed by atoms with Crippen LogP contribution in [0.25, 0.3) is 0 Å². The minimum absolute atomic E-state index is 0.0364. The van der Waals surface area contributed by atoms with Gasteiger partial charge in [-0.1, -0.05) is 0 Å². The third-order valence-corrected chi connectivity index (χ3v) is 4.02. The van der Waals surface area contributed by atoms with E-state index in [2.05, 4.69) is 15.0 Å². The Morgan fingerprint density at radius 1 is 1.12 bits per heavy atom. The number of hydrogen-bond acceptors (Lipinski definition) is 6. The van der Waals surface area contributed by atoms with Gasteiger partial charge in [0.15, 0.2) is 0 Å². The normalized spacial score (nSPS) is 16.5. The number of nitrogens with one attached hydrogen (secondary N) is 1. The van der Waals surface area contributed by atoms with Crippen LogP contribution in [0.2, 0.25) is 0 Å². The van der Waals surface area contributed by atoms with Gasteiger partial charge in [0.25, 0.3) is 0 Å². The van der Waals surface area contributed by atoms with Gasteiger partial charge in [-0.2, -0.15) is 0 Å². The molecule has 0 aromatic heterocycles. The Kier molecular flexibility index (Phi) is 9.82. The first-order valence-corrected chi connectivity index (χ1v) is 9.16. The molecule has 0 aromatic rings. The van der Waals surface area contributed by atoms with E-state index in [1.165, 1.54) is 7.11 Å². The van der Waals surface area contributed by atoms with E-state index in [9.17, 15) is 9.59 Å². The molecule has 0 atom stereocenters. The summed E-state index contributed by atoms with van der Waals surface area (Å²) in [6.45, 7) is 9.31. The third kappa shape index (κ3) is 11.0. The van der Waals surface area contributed by atoms with Crippen molar-refractivity contribution in [3.05, 3.63) is 0 Å². The van der Waals surface area contributed by atoms with Crippen LogP contribution in [0.15, 0.2) is 0 Å². The zero-order chi connectivity index (χ0) is 18.7. The molecule has 7 nitrogen and oxygen atoms in total. The van der Waals surface area contributed by atoms with Crippen molar-refractivity contribution in [3.63, 3.8) is 0 Å². The number of amides is 1. The van der Waals surface area contributed by atoms with Gasteiger partial charge in [0.05, 0.1) is 7.11 Å². The first-order valence-electron chi connectivity index (χ1n) is 9.16. The Morgan fingerprint density at radius 2 is 1.80 bits per heavy atom. The molecule has 1 N–H and O–H groups in total. The van der Waals surface area contributed by atoms with Gasteiger partial charge in [-0.25, -0.2) is 9.59 Å². The molecule has 25 heavy (non-hydrogen) atoms. The van der Waals surface area contributed by atoms with Crippen LogP contribution in [0, 0.1) is 0 Å². The molecule has 0 radical (unpaired) electrons. The molecule has 1 rings (SSSR count). The Labute approximate surface area is 151 Å². The van der Waals surface area contributed by atoms with E-state index >= 15 is 0 Å². The lowest BCUT2D eigenvalue weighted by Gasteiger charge is -2.32. The highest BCUT2D eigenvalue weighted by Crippen LogP contribution is 2.13. The van der Waals surface area contributed by atoms with Gasteiger partial charge in [0.2, 0.25) is 0 Å². The Hall–Kier alpha value is -1.34. The van der Waals surface area contributed by atoms with Crippen LogP contribution in [-0.4, -0.2) is 68.6 Å². The summed E-state index contributed by atoms with van der Waals surface area (Å²) in [5, 5.41) is 2.96. The minimum Gasteiger partial charge on any atom is -0.467 e. The first-order chi connectivity index (χ1) is 11.8. The number of esters is 1. The summed E-state index contributed by atoms with van der Waals surface area (Å²) in [7, 11) is 1.36. The molecule has 1 fully saturated rings. The molecular weight excluding hydrogens is 324 g/mol. The van der Waals surface area contributed by atoms with E-state index < -0.39 is 5.60 Å². The maximum atomic E-state index is 11.8. The van der Waals surface area contributed by atoms with Crippen molar-refractivity contribution in [1.82, 2.24) is 10.2 Å². The predicted molar refractivity (Wildman–Crippen MR) is 95.5 cm³/mol. The molecule has 7 heteroatoms. The topological polar surface area (TPSA) is 77.1 Å². The van der Waals surface area contributed by atoms with Crippen LogP contribution in [-0.2, 0) is 19.0 Å². The molecule has 0 unspecified atom stereocenters. The highest BCUT2D eigenvalue weighted by Gasteiger charge is 2.23. The zero-order valence-electron chi connectivity index (χ0n) is 16.1. The Bertz CT molecular complexity index is 401. The summed E-state index contributed by atoms with van der Waals surface area (Å²) in [5.41, 5.74) is -0.453. The van der Waals surface area contributed by atoms with E-state index in [4.69, 9.17) is 9.47 Å². The van der Waals surface area contributed by atoms with Crippen LogP contribution < -0.4 is 5.32 Å². The molecule has 1 amide bonds. The minimum atomic E-state index is -0.453. The number of unbranched alkanes of at least 4 members (excludes halogenated alkanes) is 2. The molecule has 1 heterocycles. The molecule has 1 aliphatic rings. The molecular formula is C18H34N2O5. The van der Waals surface area contributed by atoms with Crippen LogP contribution >= 0.6 is 0 Å². The Morgan fingerprint density at radius 3 is 2.40 bits per heavy atom. The van der Waals surface area contributed by atoms with Crippen LogP contribution in [0.3, 0.4) is 0 Å². The average molecular weight is 358 g/mol. The van der Waals surface area contributed by atoms with Crippen molar-refractivity contribution < 1.29 is 23.8 Å². The maximum absolute atomic E-state index is 11.8. The molecule has 0 saturated carbocycles. The number of methoxy groups -OCH3 is 1. The maximum Gasteiger partial charge on any atom is 0.407 e. The number of ether oxygens (including phenoxy) is 3. The second-order valence-corrected chi connectivity index (χ2v) is 7.45. The molecule has 146 valence electrons. The highest BCUT2D eigenvalue weighted by molar-refractivity contribution is 5.70. The molecule has 1 saturated heterocycles. The number of likely N-dealkylation sites (tertiary alicyclic amines) is 1. The average Bonchev–Trinajstić information content (AvgIpc) is 2.53. The summed E-state index contributed by atoms with van der Waals surface area (Å²) < 4.78 is 15.0. The molecule has 0 aromatic carbocycles. The summed E-state index contributed by atoms with van der Waals surface area (Å²) in [5.74, 6) is -0.331. The first kappa shape index (κ1) is 21.7. The van der Waals surface area contributed by atoms with Gasteiger partial charge in [-0.15, -0.1) is 0 Å². The zero-order valence-corrected chi connectivity index (χ0v) is 16.1. The lowest BCUT2D eigenvalue weighted by Crippen LogP contribution is -2.46. The van der Waals surface area contributed by atoms with Crippen LogP contribution in [0.1, 0.15) is 52.9 Å². The van der Waals surface area contributed by atoms with Crippen molar-refractivity contribution in [2.45, 2.75) is 64.5 Å². The van der Waals surface area contributed by atoms with Gasteiger partial charge < -0.3 is 24.4 Å². The number of nitrogens with zero attached hydrogens (tertiary/aromatic N) is 1. The number of hydrogen-bond donors (Lipinski definition) is 1. The number of rotatable bonds is 9. The number of carbonyl (C=O) groups excluding carboxylic acids is 2. The van der Waals surface area contributed by atoms with E-state index in [0.717, 1.165) is 51.7 Å². The predicted octanol–water partition coefficient (Wildman–Crippen LogP) is 2.34. The molecule has 0 spiro atoms. The molecule has 0 bridgehead atoms. The van der Waals surface area contributed by atoms with E-state index in [1.54, 1.807) is 0 Å². The summed E-state index contributed by atoms with van der Waals surface area (Å²) >= 11 is 0. The second kappa shape index (κ2) is 11.3. The lowest BCUT2D eigenvalue weighted by molar-refractivity contribution is -0.145. The smallest absolute Gasteiger partial charge is 0.407 e. The van der Waals surface area contributed by atoms with Crippen molar-refractivity contribution in [1.29, 1.82) is 0 Å². The molecule has 1 aliphatic heterocycles. The SMILES string of the molecule is COC(=O)COCCCCCN1CCC(NC(=O)OC(C)(C)C)CC1. The lowest BCUT2D eigenvalue weighted by atomic mass is 10.0. The van der Waals surface area contributed by atoms with Crippen molar-refractivity contribution in [2.24, 2.45) is 0 Å². The standard InChI is InChI=1S/C18H34N2O5/c1-18(2,3)25-17(22)19-15-8-11-20(12-9-15)10-6-5-7-13-24-14-16(21)23-4/h15H,5-14H2,1-4H3,(H,19,22). The van der Waals surface area contributed by atoms with Crippen LogP contribution in [0.5, 0.6) is 0 Å². The number of alkyl carbamates (subject to hydrolysis) is 1. The van der Waals surface area contributed by atoms with E-state index in [0.29, 0.717) is 6.61 Å². The Balaban J connectivity index is 2.02. The number of piperidine rings is 1. The molecule has 0 aliphatic carbocycles. The third-order valence-electron chi connectivity index (χ3n) is 4.02. The van der Waals surface area contributed by atoms with Gasteiger partial charge >= 0.3 is 12.1 Å². The van der Waals surface area contributed by atoms with Crippen LogP contribution in [0.4, 0.5) is 4.79 Å². The second-order valence-electron chi connectivity index (χ2n) is 7.45. The van der Waals surface area contributed by atoms with Gasteiger partial charge in [0.1, 0.15) is 12.2 Å². The van der Waals surface area contributed by atoms with Crippen molar-refractivity contribution >= 4 is 12.1 Å². The van der Waals surface area contributed by atoms with Crippen molar-refractivity contribution in [2.75, 3.05) is 40.0 Å². The summed E-state index contributed by atoms with van der Waals surface area (Å²) in [6, 6.07) is 0.206. The largest absolute Gasteiger partial charge is 0.467 e. The number of carbonyl (C=O) groups is 2. The fourth-order valence-corrected chi connectivity index (χ4v) is 2.71. The van der Waals surface area contributed by atoms with E-state index in [1.807, 2.05) is 20.8 Å². The van der Waals surface area contributed by atoms with E-state index in [-0.39, 0.29) is 24.7 Å². The van der Waals surface area contributed by atoms with Gasteiger partial charge in [-0.3, -0.25) is 0 Å². The fraction of sp³-hybridized carbons (Fsp3) is 0.889. The van der Waals surface area contributed by atoms with Gasteiger partial charge in [0, 0.05) is 25.7 Å². The highest BCUT2D eigenvalue weighted by atomic mass is 16.6. The van der Waals surface area contributed by atoms with Crippen molar-refractivity contribution in [3.8, 4) is 0 Å². The fourth-order valence-electron chi connectivity index (χ4n) is 2.71. The summed E-state index contributed by atoms with van der Waals surface area (Å²) in [6.07, 6.45) is 4.75. The van der Waals surface area contributed by atoms with Gasteiger partial charge in [-0.05, 0) is 59.4 Å². The summed E-state index contributed by atoms with van der Waals surface area (Å²) in [4.78, 5) is 25.1. The monoisotopic (exact) mass is 358 g/mol. The quantitative estimate of drug-likeness (QED) is 0.503.